The molecule has 5 aromatic carbocycles. The first-order valence-electron chi connectivity index (χ1n) is 10.5. The van der Waals surface area contributed by atoms with Crippen LogP contribution in [-0.2, 0) is 0 Å². The normalized spacial score (nSPS) is 10.7. The molecule has 5 rings (SSSR count). The molecule has 1 heteroatoms. The van der Waals surface area contributed by atoms with Gasteiger partial charge in [-0.05, 0) is 50.6 Å². The lowest BCUT2D eigenvalue weighted by Gasteiger charge is -2.22. The predicted octanol–water partition coefficient (Wildman–Crippen LogP) is 7.15. The van der Waals surface area contributed by atoms with Crippen LogP contribution in [0.3, 0.4) is 0 Å². The maximum absolute atomic E-state index is 7.02. The molecule has 31 heavy (non-hydrogen) atoms. The first-order valence-corrected chi connectivity index (χ1v) is 10.5. The van der Waals surface area contributed by atoms with E-state index in [2.05, 4.69) is 103 Å². The minimum atomic E-state index is 0.803. The molecule has 0 saturated carbocycles. The van der Waals surface area contributed by atoms with Gasteiger partial charge in [-0.15, -0.1) is 0 Å². The van der Waals surface area contributed by atoms with Gasteiger partial charge in [-0.1, -0.05) is 127 Å². The summed E-state index contributed by atoms with van der Waals surface area (Å²) in [5.41, 5.74) is 9.79. The molecule has 5 aromatic rings. The van der Waals surface area contributed by atoms with Crippen molar-refractivity contribution in [2.75, 3.05) is 0 Å². The molecule has 0 N–H and O–H groups in total. The molecule has 0 aliphatic heterocycles. The first kappa shape index (κ1) is 19.1. The van der Waals surface area contributed by atoms with Crippen molar-refractivity contribution in [3.05, 3.63) is 127 Å². The number of benzene rings is 5. The molecule has 0 spiro atoms. The van der Waals surface area contributed by atoms with Crippen molar-refractivity contribution in [3.63, 3.8) is 0 Å². The van der Waals surface area contributed by atoms with Crippen LogP contribution >= 0.6 is 0 Å². The Morgan fingerprint density at radius 1 is 0.355 bits per heavy atom. The summed E-state index contributed by atoms with van der Waals surface area (Å²) in [6.45, 7) is 0. The Kier molecular flexibility index (Phi) is 5.25. The van der Waals surface area contributed by atoms with Crippen molar-refractivity contribution < 1.29 is 0 Å². The van der Waals surface area contributed by atoms with Crippen LogP contribution in [0.4, 0.5) is 0 Å². The second kappa shape index (κ2) is 8.49. The van der Waals surface area contributed by atoms with E-state index in [1.165, 1.54) is 0 Å². The van der Waals surface area contributed by atoms with Crippen LogP contribution in [0.5, 0.6) is 0 Å². The summed E-state index contributed by atoms with van der Waals surface area (Å²) in [7, 11) is 7.02. The van der Waals surface area contributed by atoms with Gasteiger partial charge < -0.3 is 0 Å². The van der Waals surface area contributed by atoms with E-state index in [0.717, 1.165) is 50.0 Å². The van der Waals surface area contributed by atoms with E-state index < -0.39 is 0 Å². The fourth-order valence-corrected chi connectivity index (χ4v) is 4.23. The molecular weight excluding hydrogens is 371 g/mol. The van der Waals surface area contributed by atoms with Gasteiger partial charge in [0.25, 0.3) is 0 Å². The Morgan fingerprint density at radius 2 is 0.645 bits per heavy atom. The molecule has 0 aliphatic rings. The van der Waals surface area contributed by atoms with Crippen molar-refractivity contribution in [1.82, 2.24) is 0 Å². The van der Waals surface area contributed by atoms with Gasteiger partial charge in [0.2, 0.25) is 0 Å². The number of rotatable bonds is 4. The molecule has 0 unspecified atom stereocenters. The van der Waals surface area contributed by atoms with Gasteiger partial charge in [-0.2, -0.15) is 0 Å². The molecule has 0 nitrogen and oxygen atoms in total. The van der Waals surface area contributed by atoms with Gasteiger partial charge in [0, 0.05) is 0 Å². The number of hydrogen-bond donors (Lipinski definition) is 0. The SMILES string of the molecule is [B]c1c(-c2ccccc2)c(-c2ccccc2)cc(-c2ccccc2)c1-c1ccccc1. The fraction of sp³-hybridized carbons (Fsp3) is 0. The molecule has 0 aliphatic carbocycles. The van der Waals surface area contributed by atoms with Gasteiger partial charge in [0.05, 0.1) is 0 Å². The largest absolute Gasteiger partial charge is 0.115 e. The van der Waals surface area contributed by atoms with Crippen LogP contribution in [0.1, 0.15) is 0 Å². The third-order valence-electron chi connectivity index (χ3n) is 5.66. The molecule has 0 aromatic heterocycles. The van der Waals surface area contributed by atoms with E-state index in [9.17, 15) is 0 Å². The Balaban J connectivity index is 1.91. The highest BCUT2D eigenvalue weighted by Crippen LogP contribution is 2.40. The van der Waals surface area contributed by atoms with Crippen LogP contribution in [0, 0.1) is 0 Å². The quantitative estimate of drug-likeness (QED) is 0.285. The average Bonchev–Trinajstić information content (AvgIpc) is 2.85. The number of hydrogen-bond acceptors (Lipinski definition) is 0. The van der Waals surface area contributed by atoms with Crippen LogP contribution in [0.2, 0.25) is 0 Å². The summed E-state index contributed by atoms with van der Waals surface area (Å²) < 4.78 is 0. The molecule has 144 valence electrons. The Hall–Kier alpha value is -3.84. The monoisotopic (exact) mass is 392 g/mol. The summed E-state index contributed by atoms with van der Waals surface area (Å²) in [6.07, 6.45) is 0. The third-order valence-corrected chi connectivity index (χ3v) is 5.66. The average molecular weight is 392 g/mol. The van der Waals surface area contributed by atoms with Crippen molar-refractivity contribution >= 4 is 13.3 Å². The van der Waals surface area contributed by atoms with E-state index in [4.69, 9.17) is 7.85 Å². The Labute approximate surface area is 185 Å². The first-order chi connectivity index (χ1) is 15.3. The van der Waals surface area contributed by atoms with E-state index in [-0.39, 0.29) is 0 Å². The van der Waals surface area contributed by atoms with Crippen molar-refractivity contribution in [2.24, 2.45) is 0 Å². The topological polar surface area (TPSA) is 0 Å². The zero-order valence-corrected chi connectivity index (χ0v) is 17.2. The lowest BCUT2D eigenvalue weighted by atomic mass is 9.74. The highest BCUT2D eigenvalue weighted by Gasteiger charge is 2.19. The van der Waals surface area contributed by atoms with Crippen molar-refractivity contribution in [3.8, 4) is 44.5 Å². The molecule has 2 radical (unpaired) electrons. The summed E-state index contributed by atoms with van der Waals surface area (Å²) >= 11 is 0. The highest BCUT2D eigenvalue weighted by atomic mass is 14.2. The zero-order chi connectivity index (χ0) is 21.0. The Bertz CT molecular complexity index is 1190. The van der Waals surface area contributed by atoms with E-state index in [0.29, 0.717) is 0 Å². The molecule has 0 bridgehead atoms. The predicted molar refractivity (Wildman–Crippen MR) is 134 cm³/mol. The Morgan fingerprint density at radius 3 is 0.968 bits per heavy atom. The summed E-state index contributed by atoms with van der Waals surface area (Å²) in [5.74, 6) is 0. The maximum Gasteiger partial charge on any atom is 0.115 e. The molecule has 0 heterocycles. The second-order valence-electron chi connectivity index (χ2n) is 7.60. The molecular formula is C30H21B. The maximum atomic E-state index is 7.02. The lowest BCUT2D eigenvalue weighted by Crippen LogP contribution is -2.14. The van der Waals surface area contributed by atoms with Crippen LogP contribution < -0.4 is 5.46 Å². The van der Waals surface area contributed by atoms with E-state index in [1.54, 1.807) is 0 Å². The molecule has 0 amide bonds. The second-order valence-corrected chi connectivity index (χ2v) is 7.60. The minimum absolute atomic E-state index is 0.803. The fourth-order valence-electron chi connectivity index (χ4n) is 4.23. The van der Waals surface area contributed by atoms with Gasteiger partial charge in [-0.25, -0.2) is 0 Å². The standard InChI is InChI=1S/C30H21B/c31-30-28(24-17-9-3-10-18-24)26(22-13-5-1-6-14-22)21-27(23-15-7-2-8-16-23)29(30)25-19-11-4-12-20-25/h1-21H. The van der Waals surface area contributed by atoms with Gasteiger partial charge in [0.15, 0.2) is 0 Å². The van der Waals surface area contributed by atoms with E-state index in [1.807, 2.05) is 24.3 Å². The van der Waals surface area contributed by atoms with E-state index >= 15 is 0 Å². The highest BCUT2D eigenvalue weighted by molar-refractivity contribution is 6.41. The summed E-state index contributed by atoms with van der Waals surface area (Å²) in [6, 6.07) is 44.2. The molecule has 0 fully saturated rings. The molecule has 0 atom stereocenters. The van der Waals surface area contributed by atoms with Gasteiger partial charge in [-0.3, -0.25) is 0 Å². The van der Waals surface area contributed by atoms with Gasteiger partial charge in [0.1, 0.15) is 7.85 Å². The summed E-state index contributed by atoms with van der Waals surface area (Å²) in [4.78, 5) is 0. The minimum Gasteiger partial charge on any atom is -0.0801 e. The smallest absolute Gasteiger partial charge is 0.0801 e. The zero-order valence-electron chi connectivity index (χ0n) is 17.2. The lowest BCUT2D eigenvalue weighted by molar-refractivity contribution is 1.56. The summed E-state index contributed by atoms with van der Waals surface area (Å²) in [5, 5.41) is 0. The van der Waals surface area contributed by atoms with Crippen LogP contribution in [-0.4, -0.2) is 7.85 Å². The van der Waals surface area contributed by atoms with Gasteiger partial charge >= 0.3 is 0 Å². The van der Waals surface area contributed by atoms with Crippen molar-refractivity contribution in [2.45, 2.75) is 0 Å². The third kappa shape index (κ3) is 3.71. The molecule has 0 saturated heterocycles. The van der Waals surface area contributed by atoms with Crippen LogP contribution in [0.15, 0.2) is 127 Å². The van der Waals surface area contributed by atoms with Crippen molar-refractivity contribution in [1.29, 1.82) is 0 Å². The van der Waals surface area contributed by atoms with Crippen LogP contribution in [0.25, 0.3) is 44.5 Å².